The molecule has 0 spiro atoms. The number of benzene rings is 3. The number of aliphatic hydroxyl groups excluding tert-OH is 1. The van der Waals surface area contributed by atoms with Crippen molar-refractivity contribution >= 4 is 22.3 Å². The van der Waals surface area contributed by atoms with Gasteiger partial charge in [-0.05, 0) is 22.4 Å². The van der Waals surface area contributed by atoms with Crippen LogP contribution in [0.4, 0.5) is 0 Å². The maximum atomic E-state index is 12.5. The van der Waals surface area contributed by atoms with E-state index in [0.717, 1.165) is 16.3 Å². The molecule has 22 heavy (non-hydrogen) atoms. The molecule has 0 amide bonds. The van der Waals surface area contributed by atoms with E-state index >= 15 is 0 Å². The average Bonchev–Trinajstić information content (AvgIpc) is 2.91. The van der Waals surface area contributed by atoms with Gasteiger partial charge in [0.2, 0.25) is 0 Å². The van der Waals surface area contributed by atoms with Gasteiger partial charge in [0.25, 0.3) is 0 Å². The predicted molar refractivity (Wildman–Crippen MR) is 88.0 cm³/mol. The molecule has 0 unspecified atom stereocenters. The summed E-state index contributed by atoms with van der Waals surface area (Å²) in [6.45, 7) is 0. The fourth-order valence-electron chi connectivity index (χ4n) is 3.03. The number of Topliss-reactive ketones (excluding diaryl/α,β-unsaturated/α-hetero) is 1. The minimum absolute atomic E-state index is 0.0683. The number of hydrogen-bond donors (Lipinski definition) is 1. The van der Waals surface area contributed by atoms with Crippen LogP contribution in [0.1, 0.15) is 21.5 Å². The van der Waals surface area contributed by atoms with E-state index in [1.54, 1.807) is 0 Å². The molecule has 1 aliphatic carbocycles. The molecular weight excluding hydrogens is 272 g/mol. The van der Waals surface area contributed by atoms with E-state index in [1.165, 1.54) is 0 Å². The van der Waals surface area contributed by atoms with Gasteiger partial charge in [-0.3, -0.25) is 4.79 Å². The number of ketones is 1. The van der Waals surface area contributed by atoms with Gasteiger partial charge in [0, 0.05) is 23.1 Å². The molecule has 0 radical (unpaired) electrons. The van der Waals surface area contributed by atoms with Gasteiger partial charge in [-0.1, -0.05) is 60.7 Å². The molecule has 0 bridgehead atoms. The average molecular weight is 286 g/mol. The normalized spacial score (nSPS) is 15.9. The van der Waals surface area contributed by atoms with Crippen molar-refractivity contribution in [3.05, 3.63) is 89.0 Å². The lowest BCUT2D eigenvalue weighted by Crippen LogP contribution is -2.00. The molecule has 106 valence electrons. The summed E-state index contributed by atoms with van der Waals surface area (Å²) in [7, 11) is 0. The van der Waals surface area contributed by atoms with Crippen molar-refractivity contribution in [2.24, 2.45) is 0 Å². The number of rotatable bonds is 1. The van der Waals surface area contributed by atoms with Crippen LogP contribution in [0.15, 0.2) is 72.3 Å². The topological polar surface area (TPSA) is 37.3 Å². The summed E-state index contributed by atoms with van der Waals surface area (Å²) in [5.41, 5.74) is 2.85. The largest absolute Gasteiger partial charge is 0.507 e. The molecule has 3 aromatic carbocycles. The van der Waals surface area contributed by atoms with Gasteiger partial charge in [0.05, 0.1) is 0 Å². The number of allylic oxidation sites excluding steroid dienone is 1. The second-order valence-electron chi connectivity index (χ2n) is 5.55. The molecule has 0 saturated carbocycles. The highest BCUT2D eigenvalue weighted by Gasteiger charge is 2.27. The third-order valence-electron chi connectivity index (χ3n) is 4.21. The summed E-state index contributed by atoms with van der Waals surface area (Å²) in [6.07, 6.45) is 0.494. The number of aliphatic hydroxyl groups is 1. The Morgan fingerprint density at radius 1 is 0.864 bits per heavy atom. The molecular formula is C20H14O2. The standard InChI is InChI=1S/C20H14O2/c21-19(16-10-9-13-5-1-2-6-14(13)11-16)18-12-15-7-3-4-8-17(15)20(18)22/h1-11,21H,12H2/b19-18-. The van der Waals surface area contributed by atoms with Crippen LogP contribution in [0, 0.1) is 0 Å². The van der Waals surface area contributed by atoms with Crippen molar-refractivity contribution in [1.29, 1.82) is 0 Å². The van der Waals surface area contributed by atoms with E-state index in [9.17, 15) is 9.90 Å². The van der Waals surface area contributed by atoms with Gasteiger partial charge in [0.15, 0.2) is 5.78 Å². The first-order chi connectivity index (χ1) is 10.7. The molecule has 0 heterocycles. The van der Waals surface area contributed by atoms with Crippen molar-refractivity contribution < 1.29 is 9.90 Å². The fraction of sp³-hybridized carbons (Fsp3) is 0.0500. The van der Waals surface area contributed by atoms with Gasteiger partial charge in [-0.2, -0.15) is 0 Å². The lowest BCUT2D eigenvalue weighted by atomic mass is 10.0. The Balaban J connectivity index is 1.83. The molecule has 0 aromatic heterocycles. The molecule has 0 saturated heterocycles. The monoisotopic (exact) mass is 286 g/mol. The Bertz CT molecular complexity index is 935. The summed E-state index contributed by atoms with van der Waals surface area (Å²) in [5, 5.41) is 12.7. The zero-order valence-corrected chi connectivity index (χ0v) is 11.9. The molecule has 4 rings (SSSR count). The minimum Gasteiger partial charge on any atom is -0.507 e. The lowest BCUT2D eigenvalue weighted by Gasteiger charge is -2.06. The summed E-state index contributed by atoms with van der Waals surface area (Å²) in [5.74, 6) is 0.0215. The summed E-state index contributed by atoms with van der Waals surface area (Å²) >= 11 is 0. The van der Waals surface area contributed by atoms with Gasteiger partial charge in [0.1, 0.15) is 5.76 Å². The minimum atomic E-state index is -0.0683. The van der Waals surface area contributed by atoms with E-state index in [1.807, 2.05) is 66.7 Å². The number of carbonyl (C=O) groups is 1. The highest BCUT2D eigenvalue weighted by molar-refractivity contribution is 6.16. The third-order valence-corrected chi connectivity index (χ3v) is 4.21. The molecule has 1 N–H and O–H groups in total. The molecule has 3 aromatic rings. The van der Waals surface area contributed by atoms with Crippen LogP contribution in [0.3, 0.4) is 0 Å². The quantitative estimate of drug-likeness (QED) is 0.526. The zero-order chi connectivity index (χ0) is 15.1. The number of hydrogen-bond acceptors (Lipinski definition) is 2. The van der Waals surface area contributed by atoms with Crippen LogP contribution in [0.5, 0.6) is 0 Å². The van der Waals surface area contributed by atoms with Crippen LogP contribution < -0.4 is 0 Å². The second kappa shape index (κ2) is 4.85. The predicted octanol–water partition coefficient (Wildman–Crippen LogP) is 4.55. The molecule has 0 atom stereocenters. The van der Waals surface area contributed by atoms with Crippen LogP contribution in [-0.2, 0) is 6.42 Å². The van der Waals surface area contributed by atoms with E-state index in [4.69, 9.17) is 0 Å². The Hall–Kier alpha value is -2.87. The van der Waals surface area contributed by atoms with E-state index in [0.29, 0.717) is 23.1 Å². The van der Waals surface area contributed by atoms with Crippen molar-refractivity contribution in [3.63, 3.8) is 0 Å². The van der Waals surface area contributed by atoms with Crippen LogP contribution in [0.2, 0.25) is 0 Å². The van der Waals surface area contributed by atoms with Gasteiger partial charge < -0.3 is 5.11 Å². The van der Waals surface area contributed by atoms with Gasteiger partial charge in [-0.15, -0.1) is 0 Å². The molecule has 0 fully saturated rings. The Labute approximate surface area is 128 Å². The molecule has 2 heteroatoms. The van der Waals surface area contributed by atoms with Crippen molar-refractivity contribution in [2.75, 3.05) is 0 Å². The first-order valence-electron chi connectivity index (χ1n) is 7.28. The third kappa shape index (κ3) is 1.92. The summed E-state index contributed by atoms with van der Waals surface area (Å²) in [6, 6.07) is 21.3. The lowest BCUT2D eigenvalue weighted by molar-refractivity contribution is 0.103. The number of fused-ring (bicyclic) bond motifs is 2. The smallest absolute Gasteiger partial charge is 0.193 e. The summed E-state index contributed by atoms with van der Waals surface area (Å²) in [4.78, 5) is 12.5. The first kappa shape index (κ1) is 12.8. The molecule has 2 nitrogen and oxygen atoms in total. The maximum absolute atomic E-state index is 12.5. The van der Waals surface area contributed by atoms with E-state index in [-0.39, 0.29) is 11.5 Å². The van der Waals surface area contributed by atoms with E-state index in [2.05, 4.69) is 0 Å². The van der Waals surface area contributed by atoms with Crippen LogP contribution in [0.25, 0.3) is 16.5 Å². The fourth-order valence-corrected chi connectivity index (χ4v) is 3.03. The van der Waals surface area contributed by atoms with Crippen LogP contribution >= 0.6 is 0 Å². The Morgan fingerprint density at radius 3 is 2.41 bits per heavy atom. The molecule has 0 aliphatic heterocycles. The van der Waals surface area contributed by atoms with Crippen LogP contribution in [-0.4, -0.2) is 10.9 Å². The highest BCUT2D eigenvalue weighted by atomic mass is 16.3. The zero-order valence-electron chi connectivity index (χ0n) is 11.9. The molecule has 1 aliphatic rings. The van der Waals surface area contributed by atoms with Crippen molar-refractivity contribution in [3.8, 4) is 0 Å². The maximum Gasteiger partial charge on any atom is 0.193 e. The first-order valence-corrected chi connectivity index (χ1v) is 7.28. The summed E-state index contributed by atoms with van der Waals surface area (Å²) < 4.78 is 0. The SMILES string of the molecule is O=C1/C(=C(\O)c2ccc3ccccc3c2)Cc2ccccc21. The number of carbonyl (C=O) groups excluding carboxylic acids is 1. The second-order valence-corrected chi connectivity index (χ2v) is 5.55. The van der Waals surface area contributed by atoms with Crippen molar-refractivity contribution in [1.82, 2.24) is 0 Å². The van der Waals surface area contributed by atoms with E-state index < -0.39 is 0 Å². The highest BCUT2D eigenvalue weighted by Crippen LogP contribution is 2.31. The van der Waals surface area contributed by atoms with Crippen molar-refractivity contribution in [2.45, 2.75) is 6.42 Å². The van der Waals surface area contributed by atoms with Gasteiger partial charge in [-0.25, -0.2) is 0 Å². The Morgan fingerprint density at radius 2 is 1.59 bits per heavy atom. The van der Waals surface area contributed by atoms with Gasteiger partial charge >= 0.3 is 0 Å². The Kier molecular flexibility index (Phi) is 2.83.